The molecule has 0 bridgehead atoms. The standard InChI is InChI=1S/C15H27N3O2/c19-14(17-13-7-3-1-2-4-8-13)11-16-12-15(20)18-9-5-6-10-18/h13,16H,1-12H2,(H,17,19). The van der Waals surface area contributed by atoms with Crippen LogP contribution in [-0.4, -0.2) is 48.9 Å². The molecule has 1 saturated carbocycles. The van der Waals surface area contributed by atoms with E-state index in [4.69, 9.17) is 0 Å². The number of nitrogens with one attached hydrogen (secondary N) is 2. The van der Waals surface area contributed by atoms with Crippen molar-refractivity contribution in [1.29, 1.82) is 0 Å². The number of hydrogen-bond acceptors (Lipinski definition) is 3. The van der Waals surface area contributed by atoms with Crippen LogP contribution in [0.4, 0.5) is 0 Å². The van der Waals surface area contributed by atoms with Crippen molar-refractivity contribution in [3.8, 4) is 0 Å². The molecule has 1 aliphatic carbocycles. The Hall–Kier alpha value is -1.10. The molecule has 0 spiro atoms. The van der Waals surface area contributed by atoms with Crippen LogP contribution in [0.15, 0.2) is 0 Å². The van der Waals surface area contributed by atoms with Crippen molar-refractivity contribution in [2.24, 2.45) is 0 Å². The van der Waals surface area contributed by atoms with Crippen LogP contribution in [0.25, 0.3) is 0 Å². The molecule has 2 fully saturated rings. The van der Waals surface area contributed by atoms with Crippen molar-refractivity contribution in [1.82, 2.24) is 15.5 Å². The Morgan fingerprint density at radius 3 is 2.20 bits per heavy atom. The predicted molar refractivity (Wildman–Crippen MR) is 78.3 cm³/mol. The normalized spacial score (nSPS) is 20.7. The van der Waals surface area contributed by atoms with Crippen molar-refractivity contribution < 1.29 is 9.59 Å². The molecule has 1 aliphatic heterocycles. The van der Waals surface area contributed by atoms with Gasteiger partial charge < -0.3 is 10.2 Å². The van der Waals surface area contributed by atoms with E-state index in [1.54, 1.807) is 0 Å². The van der Waals surface area contributed by atoms with E-state index >= 15 is 0 Å². The summed E-state index contributed by atoms with van der Waals surface area (Å²) in [6, 6.07) is 0.334. The first-order chi connectivity index (χ1) is 9.75. The monoisotopic (exact) mass is 281 g/mol. The van der Waals surface area contributed by atoms with Gasteiger partial charge in [0.25, 0.3) is 0 Å². The van der Waals surface area contributed by atoms with Crippen LogP contribution in [0, 0.1) is 0 Å². The molecular formula is C15H27N3O2. The van der Waals surface area contributed by atoms with Crippen LogP contribution >= 0.6 is 0 Å². The van der Waals surface area contributed by atoms with Gasteiger partial charge in [0, 0.05) is 19.1 Å². The topological polar surface area (TPSA) is 61.4 Å². The summed E-state index contributed by atoms with van der Waals surface area (Å²) >= 11 is 0. The van der Waals surface area contributed by atoms with E-state index < -0.39 is 0 Å². The van der Waals surface area contributed by atoms with E-state index in [1.807, 2.05) is 4.90 Å². The lowest BCUT2D eigenvalue weighted by Gasteiger charge is -2.17. The Labute approximate surface area is 121 Å². The second-order valence-corrected chi connectivity index (χ2v) is 5.95. The SMILES string of the molecule is O=C(CNCC(=O)N1CCCC1)NC1CCCCCC1. The van der Waals surface area contributed by atoms with Crippen LogP contribution in [-0.2, 0) is 9.59 Å². The van der Waals surface area contributed by atoms with E-state index in [-0.39, 0.29) is 24.9 Å². The molecule has 5 heteroatoms. The minimum absolute atomic E-state index is 0.0196. The van der Waals surface area contributed by atoms with Gasteiger partial charge in [0.05, 0.1) is 13.1 Å². The molecule has 2 N–H and O–H groups in total. The summed E-state index contributed by atoms with van der Waals surface area (Å²) in [5, 5.41) is 6.04. The van der Waals surface area contributed by atoms with Crippen molar-refractivity contribution >= 4 is 11.8 Å². The molecular weight excluding hydrogens is 254 g/mol. The van der Waals surface area contributed by atoms with E-state index in [0.29, 0.717) is 6.04 Å². The fourth-order valence-electron chi connectivity index (χ4n) is 3.06. The van der Waals surface area contributed by atoms with Gasteiger partial charge in [0.1, 0.15) is 0 Å². The molecule has 5 nitrogen and oxygen atoms in total. The lowest BCUT2D eigenvalue weighted by atomic mass is 10.1. The van der Waals surface area contributed by atoms with Gasteiger partial charge in [0.2, 0.25) is 11.8 Å². The summed E-state index contributed by atoms with van der Waals surface area (Å²) in [6.07, 6.45) is 9.40. The average molecular weight is 281 g/mol. The molecule has 2 rings (SSSR count). The molecule has 2 aliphatic rings. The molecule has 2 amide bonds. The van der Waals surface area contributed by atoms with Gasteiger partial charge >= 0.3 is 0 Å². The fourth-order valence-corrected chi connectivity index (χ4v) is 3.06. The third-order valence-corrected chi connectivity index (χ3v) is 4.24. The van der Waals surface area contributed by atoms with Crippen molar-refractivity contribution in [3.05, 3.63) is 0 Å². The van der Waals surface area contributed by atoms with Crippen LogP contribution in [0.3, 0.4) is 0 Å². The van der Waals surface area contributed by atoms with Crippen LogP contribution in [0.5, 0.6) is 0 Å². The maximum Gasteiger partial charge on any atom is 0.236 e. The largest absolute Gasteiger partial charge is 0.352 e. The lowest BCUT2D eigenvalue weighted by molar-refractivity contribution is -0.129. The number of likely N-dealkylation sites (tertiary alicyclic amines) is 1. The number of amides is 2. The van der Waals surface area contributed by atoms with E-state index in [9.17, 15) is 9.59 Å². The highest BCUT2D eigenvalue weighted by atomic mass is 16.2. The summed E-state index contributed by atoms with van der Waals surface area (Å²) in [5.74, 6) is 0.135. The van der Waals surface area contributed by atoms with E-state index in [0.717, 1.165) is 38.8 Å². The minimum Gasteiger partial charge on any atom is -0.352 e. The van der Waals surface area contributed by atoms with Gasteiger partial charge in [-0.3, -0.25) is 14.9 Å². The first kappa shape index (κ1) is 15.3. The second-order valence-electron chi connectivity index (χ2n) is 5.95. The highest BCUT2D eigenvalue weighted by Crippen LogP contribution is 2.16. The Kier molecular flexibility index (Phi) is 6.30. The first-order valence-corrected chi connectivity index (χ1v) is 8.03. The Morgan fingerprint density at radius 1 is 0.900 bits per heavy atom. The first-order valence-electron chi connectivity index (χ1n) is 8.03. The van der Waals surface area contributed by atoms with Gasteiger partial charge in [-0.15, -0.1) is 0 Å². The van der Waals surface area contributed by atoms with Gasteiger partial charge in [-0.25, -0.2) is 0 Å². The Morgan fingerprint density at radius 2 is 1.55 bits per heavy atom. The molecule has 0 aromatic rings. The molecule has 0 aromatic heterocycles. The van der Waals surface area contributed by atoms with Crippen molar-refractivity contribution in [3.63, 3.8) is 0 Å². The molecule has 0 radical (unpaired) electrons. The van der Waals surface area contributed by atoms with E-state index in [1.165, 1.54) is 25.7 Å². The fraction of sp³-hybridized carbons (Fsp3) is 0.867. The highest BCUT2D eigenvalue weighted by molar-refractivity contribution is 5.81. The molecule has 114 valence electrons. The molecule has 0 unspecified atom stereocenters. The van der Waals surface area contributed by atoms with Gasteiger partial charge in [0.15, 0.2) is 0 Å². The smallest absolute Gasteiger partial charge is 0.236 e. The molecule has 0 aromatic carbocycles. The Bertz CT molecular complexity index is 319. The average Bonchev–Trinajstić information content (AvgIpc) is 2.85. The number of carbonyl (C=O) groups excluding carboxylic acids is 2. The second kappa shape index (κ2) is 8.25. The Balaban J connectivity index is 1.58. The van der Waals surface area contributed by atoms with Crippen molar-refractivity contribution in [2.75, 3.05) is 26.2 Å². The van der Waals surface area contributed by atoms with Crippen LogP contribution in [0.2, 0.25) is 0 Å². The third kappa shape index (κ3) is 5.12. The zero-order chi connectivity index (χ0) is 14.2. The summed E-state index contributed by atoms with van der Waals surface area (Å²) < 4.78 is 0. The van der Waals surface area contributed by atoms with E-state index in [2.05, 4.69) is 10.6 Å². The predicted octanol–water partition coefficient (Wildman–Crippen LogP) is 1.04. The number of nitrogens with zero attached hydrogens (tertiary/aromatic N) is 1. The maximum atomic E-state index is 11.8. The number of hydrogen-bond donors (Lipinski definition) is 2. The molecule has 1 saturated heterocycles. The maximum absolute atomic E-state index is 11.8. The third-order valence-electron chi connectivity index (χ3n) is 4.24. The van der Waals surface area contributed by atoms with Gasteiger partial charge in [-0.2, -0.15) is 0 Å². The molecule has 20 heavy (non-hydrogen) atoms. The summed E-state index contributed by atoms with van der Waals surface area (Å²) in [7, 11) is 0. The zero-order valence-electron chi connectivity index (χ0n) is 12.3. The van der Waals surface area contributed by atoms with Crippen LogP contribution < -0.4 is 10.6 Å². The van der Waals surface area contributed by atoms with Crippen LogP contribution in [0.1, 0.15) is 51.4 Å². The van der Waals surface area contributed by atoms with Gasteiger partial charge in [-0.1, -0.05) is 25.7 Å². The quantitative estimate of drug-likeness (QED) is 0.740. The summed E-state index contributed by atoms with van der Waals surface area (Å²) in [4.78, 5) is 25.5. The minimum atomic E-state index is 0.0196. The zero-order valence-corrected chi connectivity index (χ0v) is 12.3. The van der Waals surface area contributed by atoms with Gasteiger partial charge in [-0.05, 0) is 25.7 Å². The molecule has 0 atom stereocenters. The lowest BCUT2D eigenvalue weighted by Crippen LogP contribution is -2.43. The number of rotatable bonds is 5. The highest BCUT2D eigenvalue weighted by Gasteiger charge is 2.18. The summed E-state index contributed by atoms with van der Waals surface area (Å²) in [6.45, 7) is 2.26. The summed E-state index contributed by atoms with van der Waals surface area (Å²) in [5.41, 5.74) is 0. The molecule has 1 heterocycles. The van der Waals surface area contributed by atoms with Crippen molar-refractivity contribution in [2.45, 2.75) is 57.4 Å². The number of carbonyl (C=O) groups is 2.